The first-order valence-electron chi connectivity index (χ1n) is 7.73. The highest BCUT2D eigenvalue weighted by molar-refractivity contribution is 7.13. The van der Waals surface area contributed by atoms with Crippen molar-refractivity contribution in [2.75, 3.05) is 27.3 Å². The van der Waals surface area contributed by atoms with Crippen molar-refractivity contribution in [3.05, 3.63) is 29.3 Å². The number of rotatable bonds is 6. The number of likely N-dealkylation sites (tertiary alicyclic amines) is 1. The van der Waals surface area contributed by atoms with Gasteiger partial charge in [-0.05, 0) is 25.1 Å². The van der Waals surface area contributed by atoms with Gasteiger partial charge in [-0.25, -0.2) is 4.98 Å². The van der Waals surface area contributed by atoms with Crippen molar-refractivity contribution in [3.8, 4) is 22.1 Å². The van der Waals surface area contributed by atoms with Gasteiger partial charge in [-0.1, -0.05) is 6.07 Å². The van der Waals surface area contributed by atoms with Crippen LogP contribution < -0.4 is 9.47 Å². The van der Waals surface area contributed by atoms with E-state index >= 15 is 0 Å². The minimum absolute atomic E-state index is 0.262. The Morgan fingerprint density at radius 1 is 1.42 bits per heavy atom. The van der Waals surface area contributed by atoms with Crippen LogP contribution in [0.15, 0.2) is 23.6 Å². The predicted octanol–water partition coefficient (Wildman–Crippen LogP) is 2.73. The molecule has 0 amide bonds. The van der Waals surface area contributed by atoms with Crippen molar-refractivity contribution >= 4 is 17.3 Å². The molecule has 1 atom stereocenters. The maximum absolute atomic E-state index is 11.1. The summed E-state index contributed by atoms with van der Waals surface area (Å²) in [6.07, 6.45) is 0.704. The predicted molar refractivity (Wildman–Crippen MR) is 91.7 cm³/mol. The number of nitrogens with zero attached hydrogens (tertiary/aromatic N) is 2. The number of hydrogen-bond donors (Lipinski definition) is 1. The zero-order valence-electron chi connectivity index (χ0n) is 13.7. The summed E-state index contributed by atoms with van der Waals surface area (Å²) in [6.45, 7) is 2.06. The van der Waals surface area contributed by atoms with E-state index in [1.807, 2.05) is 23.6 Å². The van der Waals surface area contributed by atoms with Gasteiger partial charge in [-0.3, -0.25) is 9.69 Å². The monoisotopic (exact) mass is 348 g/mol. The lowest BCUT2D eigenvalue weighted by Crippen LogP contribution is -2.22. The van der Waals surface area contributed by atoms with E-state index in [2.05, 4.69) is 4.90 Å². The molecule has 1 saturated heterocycles. The van der Waals surface area contributed by atoms with Gasteiger partial charge in [0.25, 0.3) is 0 Å². The maximum atomic E-state index is 11.1. The minimum atomic E-state index is -0.711. The van der Waals surface area contributed by atoms with E-state index < -0.39 is 5.97 Å². The zero-order valence-corrected chi connectivity index (χ0v) is 14.5. The fourth-order valence-electron chi connectivity index (χ4n) is 2.97. The van der Waals surface area contributed by atoms with Gasteiger partial charge in [-0.15, -0.1) is 11.3 Å². The van der Waals surface area contributed by atoms with Gasteiger partial charge < -0.3 is 14.6 Å². The first kappa shape index (κ1) is 16.7. The number of hydrogen-bond acceptors (Lipinski definition) is 6. The summed E-state index contributed by atoms with van der Waals surface area (Å²) in [6, 6.07) is 5.73. The molecule has 1 aliphatic rings. The number of carbonyl (C=O) groups is 1. The molecule has 7 heteroatoms. The molecule has 1 aliphatic heterocycles. The number of ether oxygens (including phenoxy) is 2. The van der Waals surface area contributed by atoms with E-state index in [0.717, 1.165) is 22.8 Å². The number of aromatic nitrogens is 1. The molecule has 2 aromatic rings. The number of methoxy groups -OCH3 is 2. The van der Waals surface area contributed by atoms with Crippen LogP contribution in [-0.2, 0) is 11.3 Å². The fraction of sp³-hybridized carbons (Fsp3) is 0.412. The summed E-state index contributed by atoms with van der Waals surface area (Å²) in [5.74, 6) is 0.378. The van der Waals surface area contributed by atoms with Gasteiger partial charge in [0.05, 0.1) is 31.4 Å². The summed E-state index contributed by atoms with van der Waals surface area (Å²) in [5.41, 5.74) is 1.85. The zero-order chi connectivity index (χ0) is 17.1. The number of para-hydroxylation sites is 1. The summed E-state index contributed by atoms with van der Waals surface area (Å²) in [7, 11) is 3.23. The molecule has 1 unspecified atom stereocenters. The molecule has 1 aromatic heterocycles. The third kappa shape index (κ3) is 3.37. The average molecular weight is 348 g/mol. The van der Waals surface area contributed by atoms with Crippen molar-refractivity contribution in [2.24, 2.45) is 5.92 Å². The molecule has 1 aromatic carbocycles. The van der Waals surface area contributed by atoms with E-state index in [9.17, 15) is 4.79 Å². The molecule has 0 radical (unpaired) electrons. The molecule has 1 fully saturated rings. The van der Waals surface area contributed by atoms with Gasteiger partial charge in [-0.2, -0.15) is 0 Å². The number of benzene rings is 1. The lowest BCUT2D eigenvalue weighted by Gasteiger charge is -2.13. The Labute approximate surface area is 144 Å². The molecular weight excluding hydrogens is 328 g/mol. The fourth-order valence-corrected chi connectivity index (χ4v) is 3.80. The second kappa shape index (κ2) is 7.19. The van der Waals surface area contributed by atoms with E-state index in [1.165, 1.54) is 0 Å². The second-order valence-electron chi connectivity index (χ2n) is 5.74. The lowest BCUT2D eigenvalue weighted by molar-refractivity contribution is -0.141. The number of carboxylic acids is 1. The maximum Gasteiger partial charge on any atom is 0.307 e. The van der Waals surface area contributed by atoms with Crippen LogP contribution in [0.3, 0.4) is 0 Å². The molecule has 0 bridgehead atoms. The third-order valence-electron chi connectivity index (χ3n) is 4.19. The smallest absolute Gasteiger partial charge is 0.307 e. The molecule has 0 spiro atoms. The van der Waals surface area contributed by atoms with Crippen LogP contribution >= 0.6 is 11.3 Å². The highest BCUT2D eigenvalue weighted by Crippen LogP contribution is 2.39. The van der Waals surface area contributed by atoms with Crippen molar-refractivity contribution in [2.45, 2.75) is 13.0 Å². The molecule has 6 nitrogen and oxygen atoms in total. The second-order valence-corrected chi connectivity index (χ2v) is 6.60. The van der Waals surface area contributed by atoms with Crippen LogP contribution in [0.5, 0.6) is 11.5 Å². The van der Waals surface area contributed by atoms with Crippen LogP contribution in [-0.4, -0.2) is 48.3 Å². The SMILES string of the molecule is COc1cccc(-c2nc(CN3CCC(C(=O)O)C3)cs2)c1OC. The topological polar surface area (TPSA) is 71.9 Å². The summed E-state index contributed by atoms with van der Waals surface area (Å²) >= 11 is 1.55. The normalized spacial score (nSPS) is 17.8. The Bertz CT molecular complexity index is 731. The molecule has 128 valence electrons. The molecule has 24 heavy (non-hydrogen) atoms. The Balaban J connectivity index is 1.76. The van der Waals surface area contributed by atoms with E-state index in [0.29, 0.717) is 31.0 Å². The Hall–Kier alpha value is -2.12. The standard InChI is InChI=1S/C17H20N2O4S/c1-22-14-5-3-4-13(15(14)23-2)16-18-12(10-24-16)9-19-7-6-11(8-19)17(20)21/h3-5,10-11H,6-9H2,1-2H3,(H,20,21). The van der Waals surface area contributed by atoms with Gasteiger partial charge in [0.1, 0.15) is 5.01 Å². The van der Waals surface area contributed by atoms with E-state index in [1.54, 1.807) is 25.6 Å². The Kier molecular flexibility index (Phi) is 5.01. The first-order chi connectivity index (χ1) is 11.6. The Morgan fingerprint density at radius 2 is 2.25 bits per heavy atom. The van der Waals surface area contributed by atoms with Crippen molar-refractivity contribution in [3.63, 3.8) is 0 Å². The van der Waals surface area contributed by atoms with E-state index in [4.69, 9.17) is 19.6 Å². The van der Waals surface area contributed by atoms with Gasteiger partial charge in [0, 0.05) is 18.5 Å². The Morgan fingerprint density at radius 3 is 2.92 bits per heavy atom. The van der Waals surface area contributed by atoms with Crippen LogP contribution in [0, 0.1) is 5.92 Å². The van der Waals surface area contributed by atoms with Gasteiger partial charge in [0.15, 0.2) is 11.5 Å². The summed E-state index contributed by atoms with van der Waals surface area (Å²) in [5, 5.41) is 12.0. The van der Waals surface area contributed by atoms with Crippen LogP contribution in [0.2, 0.25) is 0 Å². The van der Waals surface area contributed by atoms with Crippen LogP contribution in [0.25, 0.3) is 10.6 Å². The van der Waals surface area contributed by atoms with Crippen molar-refractivity contribution < 1.29 is 19.4 Å². The van der Waals surface area contributed by atoms with Crippen LogP contribution in [0.1, 0.15) is 12.1 Å². The largest absolute Gasteiger partial charge is 0.493 e. The highest BCUT2D eigenvalue weighted by Gasteiger charge is 2.28. The molecule has 0 aliphatic carbocycles. The first-order valence-corrected chi connectivity index (χ1v) is 8.61. The van der Waals surface area contributed by atoms with Crippen molar-refractivity contribution in [1.82, 2.24) is 9.88 Å². The highest BCUT2D eigenvalue weighted by atomic mass is 32.1. The quantitative estimate of drug-likeness (QED) is 0.865. The number of thiazole rings is 1. The van der Waals surface area contributed by atoms with Crippen LogP contribution in [0.4, 0.5) is 0 Å². The number of aliphatic carboxylic acids is 1. The van der Waals surface area contributed by atoms with Gasteiger partial charge >= 0.3 is 5.97 Å². The average Bonchev–Trinajstić information content (AvgIpc) is 3.24. The number of carboxylic acid groups (broad SMARTS) is 1. The van der Waals surface area contributed by atoms with Crippen molar-refractivity contribution in [1.29, 1.82) is 0 Å². The molecule has 0 saturated carbocycles. The summed E-state index contributed by atoms with van der Waals surface area (Å²) < 4.78 is 10.8. The van der Waals surface area contributed by atoms with Gasteiger partial charge in [0.2, 0.25) is 0 Å². The third-order valence-corrected chi connectivity index (χ3v) is 5.12. The molecule has 2 heterocycles. The van der Waals surface area contributed by atoms with E-state index in [-0.39, 0.29) is 5.92 Å². The summed E-state index contributed by atoms with van der Waals surface area (Å²) in [4.78, 5) is 17.9. The molecule has 3 rings (SSSR count). The minimum Gasteiger partial charge on any atom is -0.493 e. The molecular formula is C17H20N2O4S. The molecule has 1 N–H and O–H groups in total. The lowest BCUT2D eigenvalue weighted by atomic mass is 10.1.